The number of rotatable bonds is 8. The molecular formula is C28H29N3O3S2. The van der Waals surface area contributed by atoms with Crippen LogP contribution in [-0.2, 0) is 9.53 Å². The monoisotopic (exact) mass is 519 g/mol. The highest BCUT2D eigenvalue weighted by Crippen LogP contribution is 2.36. The van der Waals surface area contributed by atoms with Crippen LogP contribution in [0.5, 0.6) is 5.75 Å². The molecule has 0 aliphatic carbocycles. The fourth-order valence-corrected chi connectivity index (χ4v) is 5.46. The van der Waals surface area contributed by atoms with Crippen molar-refractivity contribution >= 4 is 40.3 Å². The van der Waals surface area contributed by atoms with Crippen molar-refractivity contribution < 1.29 is 14.3 Å². The van der Waals surface area contributed by atoms with Gasteiger partial charge in [-0.05, 0) is 61.2 Å². The molecule has 2 aliphatic rings. The van der Waals surface area contributed by atoms with Gasteiger partial charge >= 0.3 is 0 Å². The van der Waals surface area contributed by atoms with Gasteiger partial charge in [0.25, 0.3) is 5.91 Å². The van der Waals surface area contributed by atoms with E-state index in [0.29, 0.717) is 28.3 Å². The molecule has 0 radical (unpaired) electrons. The van der Waals surface area contributed by atoms with Gasteiger partial charge in [-0.2, -0.15) is 5.10 Å². The van der Waals surface area contributed by atoms with Crippen molar-refractivity contribution in [2.45, 2.75) is 32.8 Å². The van der Waals surface area contributed by atoms with Gasteiger partial charge in [0.2, 0.25) is 0 Å². The molecule has 0 unspecified atom stereocenters. The topological polar surface area (TPSA) is 56.6 Å². The second kappa shape index (κ2) is 11.0. The Kier molecular flexibility index (Phi) is 7.55. The summed E-state index contributed by atoms with van der Waals surface area (Å²) in [5, 5.41) is 4.89. The van der Waals surface area contributed by atoms with Crippen LogP contribution in [0.3, 0.4) is 0 Å². The van der Waals surface area contributed by atoms with Gasteiger partial charge in [-0.3, -0.25) is 9.69 Å². The van der Waals surface area contributed by atoms with Crippen molar-refractivity contribution in [2.75, 3.05) is 19.8 Å². The van der Waals surface area contributed by atoms with Crippen LogP contribution in [0.2, 0.25) is 0 Å². The molecule has 2 aromatic carbocycles. The van der Waals surface area contributed by atoms with Gasteiger partial charge in [-0.25, -0.2) is 4.68 Å². The van der Waals surface area contributed by atoms with Crippen molar-refractivity contribution in [1.82, 2.24) is 14.7 Å². The Balaban J connectivity index is 1.46. The van der Waals surface area contributed by atoms with Crippen LogP contribution in [0.15, 0.2) is 65.7 Å². The van der Waals surface area contributed by atoms with Gasteiger partial charge < -0.3 is 9.47 Å². The number of thiocarbonyl (C=S) groups is 1. The average molecular weight is 520 g/mol. The number of aromatic nitrogens is 2. The Morgan fingerprint density at radius 1 is 1.19 bits per heavy atom. The zero-order chi connectivity index (χ0) is 25.1. The van der Waals surface area contributed by atoms with Crippen LogP contribution < -0.4 is 4.74 Å². The summed E-state index contributed by atoms with van der Waals surface area (Å²) in [6.07, 6.45) is 5.90. The fourth-order valence-electron chi connectivity index (χ4n) is 4.19. The third kappa shape index (κ3) is 5.56. The van der Waals surface area contributed by atoms with Gasteiger partial charge in [0.1, 0.15) is 10.1 Å². The van der Waals surface area contributed by atoms with E-state index >= 15 is 0 Å². The molecule has 1 aromatic heterocycles. The van der Waals surface area contributed by atoms with Crippen LogP contribution in [0.25, 0.3) is 23.0 Å². The van der Waals surface area contributed by atoms with Crippen molar-refractivity contribution in [3.05, 3.63) is 71.3 Å². The second-order valence-corrected chi connectivity index (χ2v) is 11.0. The van der Waals surface area contributed by atoms with Crippen LogP contribution in [0, 0.1) is 5.92 Å². The first-order valence-corrected chi connectivity index (χ1v) is 13.5. The minimum atomic E-state index is -0.0728. The lowest BCUT2D eigenvalue weighted by atomic mass is 10.1. The number of para-hydroxylation sites is 1. The Labute approximate surface area is 221 Å². The SMILES string of the molecule is CC(C)COc1ccc(-c2nn(-c3ccccc3)cc2/C=C2\SC(=S)N(C[C@H]3CCCO3)C2=O)cc1. The zero-order valence-electron chi connectivity index (χ0n) is 20.4. The number of amides is 1. The van der Waals surface area contributed by atoms with Crippen molar-refractivity contribution in [2.24, 2.45) is 5.92 Å². The third-order valence-corrected chi connectivity index (χ3v) is 7.42. The van der Waals surface area contributed by atoms with E-state index in [0.717, 1.165) is 47.7 Å². The summed E-state index contributed by atoms with van der Waals surface area (Å²) in [5.41, 5.74) is 3.54. The molecule has 0 bridgehead atoms. The van der Waals surface area contributed by atoms with E-state index in [4.69, 9.17) is 26.8 Å². The van der Waals surface area contributed by atoms with Crippen LogP contribution >= 0.6 is 24.0 Å². The lowest BCUT2D eigenvalue weighted by Crippen LogP contribution is -2.35. The molecular weight excluding hydrogens is 490 g/mol. The molecule has 2 fully saturated rings. The summed E-state index contributed by atoms with van der Waals surface area (Å²) in [4.78, 5) is 15.5. The quantitative estimate of drug-likeness (QED) is 0.271. The number of carbonyl (C=O) groups excluding carboxylic acids is 1. The number of ether oxygens (including phenoxy) is 2. The highest BCUT2D eigenvalue weighted by Gasteiger charge is 2.35. The normalized spacial score (nSPS) is 19.1. The molecule has 1 atom stereocenters. The smallest absolute Gasteiger partial charge is 0.266 e. The summed E-state index contributed by atoms with van der Waals surface area (Å²) in [5.74, 6) is 1.21. The molecule has 1 amide bonds. The summed E-state index contributed by atoms with van der Waals surface area (Å²) in [7, 11) is 0. The zero-order valence-corrected chi connectivity index (χ0v) is 22.1. The second-order valence-electron chi connectivity index (χ2n) is 9.37. The third-order valence-electron chi connectivity index (χ3n) is 6.04. The molecule has 8 heteroatoms. The number of carbonyl (C=O) groups is 1. The van der Waals surface area contributed by atoms with E-state index in [2.05, 4.69) is 13.8 Å². The Hall–Kier alpha value is -2.94. The van der Waals surface area contributed by atoms with E-state index < -0.39 is 0 Å². The van der Waals surface area contributed by atoms with Gasteiger partial charge in [0.05, 0.1) is 35.5 Å². The first kappa shape index (κ1) is 24.7. The van der Waals surface area contributed by atoms with E-state index in [1.165, 1.54) is 11.8 Å². The highest BCUT2D eigenvalue weighted by atomic mass is 32.2. The van der Waals surface area contributed by atoms with Gasteiger partial charge in [0.15, 0.2) is 0 Å². The van der Waals surface area contributed by atoms with Crippen molar-refractivity contribution in [3.63, 3.8) is 0 Å². The largest absolute Gasteiger partial charge is 0.493 e. The number of nitrogens with zero attached hydrogens (tertiary/aromatic N) is 3. The Morgan fingerprint density at radius 2 is 1.97 bits per heavy atom. The van der Waals surface area contributed by atoms with Crippen molar-refractivity contribution in [1.29, 1.82) is 0 Å². The molecule has 0 saturated carbocycles. The molecule has 0 spiro atoms. The minimum absolute atomic E-state index is 0.0553. The van der Waals surface area contributed by atoms with Crippen LogP contribution in [0.1, 0.15) is 32.3 Å². The molecule has 0 N–H and O–H groups in total. The Bertz CT molecular complexity index is 1260. The molecule has 186 valence electrons. The van der Waals surface area contributed by atoms with Gasteiger partial charge in [0, 0.05) is 23.9 Å². The van der Waals surface area contributed by atoms with Crippen molar-refractivity contribution in [3.8, 4) is 22.7 Å². The summed E-state index contributed by atoms with van der Waals surface area (Å²) < 4.78 is 14.0. The van der Waals surface area contributed by atoms with Crippen LogP contribution in [-0.4, -0.2) is 50.8 Å². The lowest BCUT2D eigenvalue weighted by molar-refractivity contribution is -0.123. The number of benzene rings is 2. The maximum absolute atomic E-state index is 13.3. The Morgan fingerprint density at radius 3 is 2.67 bits per heavy atom. The van der Waals surface area contributed by atoms with E-state index in [9.17, 15) is 4.79 Å². The van der Waals surface area contributed by atoms with E-state index in [-0.39, 0.29) is 12.0 Å². The first-order valence-electron chi connectivity index (χ1n) is 12.2. The predicted octanol–water partition coefficient (Wildman–Crippen LogP) is 5.95. The number of hydrogen-bond donors (Lipinski definition) is 0. The maximum atomic E-state index is 13.3. The molecule has 2 aliphatic heterocycles. The highest BCUT2D eigenvalue weighted by molar-refractivity contribution is 8.26. The summed E-state index contributed by atoms with van der Waals surface area (Å²) >= 11 is 6.88. The van der Waals surface area contributed by atoms with E-state index in [1.54, 1.807) is 4.90 Å². The first-order chi connectivity index (χ1) is 17.5. The lowest BCUT2D eigenvalue weighted by Gasteiger charge is -2.18. The van der Waals surface area contributed by atoms with E-state index in [1.807, 2.05) is 71.6 Å². The fraction of sp³-hybridized carbons (Fsp3) is 0.321. The summed E-state index contributed by atoms with van der Waals surface area (Å²) in [6.45, 7) is 6.18. The standard InChI is InChI=1S/C28H29N3O3S2/c1-19(2)18-34-23-12-10-20(11-13-23)26-21(16-31(29-26)22-7-4-3-5-8-22)15-25-27(32)30(28(35)36-25)17-24-9-6-14-33-24/h3-5,7-8,10-13,15-16,19,24H,6,9,14,17-18H2,1-2H3/b25-15-/t24-/m1/s1. The number of hydrogen-bond acceptors (Lipinski definition) is 6. The van der Waals surface area contributed by atoms with Gasteiger partial charge in [-0.1, -0.05) is 56.0 Å². The molecule has 3 aromatic rings. The maximum Gasteiger partial charge on any atom is 0.266 e. The number of thioether (sulfide) groups is 1. The predicted molar refractivity (Wildman–Crippen MR) is 148 cm³/mol. The molecule has 2 saturated heterocycles. The minimum Gasteiger partial charge on any atom is -0.493 e. The van der Waals surface area contributed by atoms with Gasteiger partial charge in [-0.15, -0.1) is 0 Å². The molecule has 5 rings (SSSR count). The average Bonchev–Trinajstić information content (AvgIpc) is 3.61. The molecule has 6 nitrogen and oxygen atoms in total. The molecule has 36 heavy (non-hydrogen) atoms. The van der Waals surface area contributed by atoms with Crippen LogP contribution in [0.4, 0.5) is 0 Å². The summed E-state index contributed by atoms with van der Waals surface area (Å²) in [6, 6.07) is 17.9. The molecule has 3 heterocycles.